The maximum Gasteiger partial charge on any atom is 0.127 e. The van der Waals surface area contributed by atoms with Gasteiger partial charge in [0.2, 0.25) is 0 Å². The molecular weight excluding hydrogens is 350 g/mol. The van der Waals surface area contributed by atoms with Crippen LogP contribution in [0.25, 0.3) is 33.2 Å². The molecule has 2 N–H and O–H groups in total. The summed E-state index contributed by atoms with van der Waals surface area (Å²) in [5.41, 5.74) is 5.10. The summed E-state index contributed by atoms with van der Waals surface area (Å²) < 4.78 is 1.74. The molecule has 1 aliphatic heterocycles. The predicted octanol–water partition coefficient (Wildman–Crippen LogP) is 3.74. The van der Waals surface area contributed by atoms with Gasteiger partial charge in [0.15, 0.2) is 0 Å². The number of pyridine rings is 2. The van der Waals surface area contributed by atoms with E-state index in [2.05, 4.69) is 23.4 Å². The van der Waals surface area contributed by atoms with Crippen LogP contribution >= 0.6 is 0 Å². The first kappa shape index (κ1) is 17.1. The second-order valence-electron chi connectivity index (χ2n) is 7.78. The highest BCUT2D eigenvalue weighted by Gasteiger charge is 2.21. The molecule has 1 fully saturated rings. The second kappa shape index (κ2) is 6.56. The molecule has 0 spiro atoms. The number of hydrogen-bond acceptors (Lipinski definition) is 5. The molecule has 0 bridgehead atoms. The smallest absolute Gasteiger partial charge is 0.127 e. The van der Waals surface area contributed by atoms with Crippen LogP contribution in [0.2, 0.25) is 0 Å². The molecular formula is C22H23N5O. The molecule has 0 radical (unpaired) electrons. The summed E-state index contributed by atoms with van der Waals surface area (Å²) in [6, 6.07) is 12.2. The van der Waals surface area contributed by atoms with Gasteiger partial charge < -0.3 is 10.4 Å². The Hall–Kier alpha value is -2.99. The van der Waals surface area contributed by atoms with Gasteiger partial charge in [-0.2, -0.15) is 5.10 Å². The number of rotatable bonds is 2. The molecule has 1 aliphatic rings. The van der Waals surface area contributed by atoms with Gasteiger partial charge in [-0.05, 0) is 56.6 Å². The predicted molar refractivity (Wildman–Crippen MR) is 110 cm³/mol. The monoisotopic (exact) mass is 373 g/mol. The van der Waals surface area contributed by atoms with Crippen LogP contribution in [-0.2, 0) is 7.05 Å². The van der Waals surface area contributed by atoms with Crippen LogP contribution in [0.4, 0.5) is 0 Å². The summed E-state index contributed by atoms with van der Waals surface area (Å²) in [6.07, 6.45) is 4.17. The van der Waals surface area contributed by atoms with Gasteiger partial charge in [-0.1, -0.05) is 0 Å². The number of phenols is 1. The molecule has 6 heteroatoms. The van der Waals surface area contributed by atoms with E-state index in [9.17, 15) is 5.11 Å². The van der Waals surface area contributed by atoms with E-state index in [4.69, 9.17) is 9.97 Å². The summed E-state index contributed by atoms with van der Waals surface area (Å²) in [5.74, 6) is 0.684. The number of piperidine rings is 1. The lowest BCUT2D eigenvalue weighted by molar-refractivity contribution is 0.377. The summed E-state index contributed by atoms with van der Waals surface area (Å²) in [7, 11) is 1.87. The average Bonchev–Trinajstić information content (AvgIpc) is 3.05. The number of benzene rings is 1. The number of fused-ring (bicyclic) bond motifs is 2. The SMILES string of the molecule is C[C@@H]1C[C@H](c2ccc3nc(-c4cc5cn(C)nc5cc4O)ccc3n2)CCN1. The van der Waals surface area contributed by atoms with Crippen LogP contribution in [0.5, 0.6) is 5.75 Å². The first-order valence-corrected chi connectivity index (χ1v) is 9.74. The zero-order valence-electron chi connectivity index (χ0n) is 16.1. The van der Waals surface area contributed by atoms with E-state index < -0.39 is 0 Å². The summed E-state index contributed by atoms with van der Waals surface area (Å²) in [5, 5.41) is 19.3. The van der Waals surface area contributed by atoms with E-state index >= 15 is 0 Å². The third kappa shape index (κ3) is 2.99. The quantitative estimate of drug-likeness (QED) is 0.560. The van der Waals surface area contributed by atoms with E-state index in [-0.39, 0.29) is 5.75 Å². The van der Waals surface area contributed by atoms with Gasteiger partial charge in [-0.15, -0.1) is 0 Å². The van der Waals surface area contributed by atoms with E-state index in [0.29, 0.717) is 17.5 Å². The molecule has 28 heavy (non-hydrogen) atoms. The van der Waals surface area contributed by atoms with Crippen molar-refractivity contribution in [2.24, 2.45) is 7.05 Å². The molecule has 142 valence electrons. The highest BCUT2D eigenvalue weighted by Crippen LogP contribution is 2.33. The Kier molecular flexibility index (Phi) is 4.02. The highest BCUT2D eigenvalue weighted by molar-refractivity contribution is 5.88. The molecule has 4 aromatic rings. The van der Waals surface area contributed by atoms with Crippen molar-refractivity contribution < 1.29 is 5.11 Å². The third-order valence-electron chi connectivity index (χ3n) is 5.62. The van der Waals surface area contributed by atoms with Crippen molar-refractivity contribution in [3.8, 4) is 17.0 Å². The Morgan fingerprint density at radius 3 is 2.75 bits per heavy atom. The lowest BCUT2D eigenvalue weighted by Crippen LogP contribution is -2.35. The van der Waals surface area contributed by atoms with Crippen LogP contribution in [0.3, 0.4) is 0 Å². The maximum absolute atomic E-state index is 10.5. The van der Waals surface area contributed by atoms with Gasteiger partial charge in [0.05, 0.1) is 22.2 Å². The lowest BCUT2D eigenvalue weighted by atomic mass is 9.90. The molecule has 0 amide bonds. The van der Waals surface area contributed by atoms with Crippen LogP contribution in [0.1, 0.15) is 31.4 Å². The maximum atomic E-state index is 10.5. The van der Waals surface area contributed by atoms with Crippen LogP contribution in [0, 0.1) is 0 Å². The fourth-order valence-corrected chi connectivity index (χ4v) is 4.19. The number of aromatic hydroxyl groups is 1. The van der Waals surface area contributed by atoms with E-state index in [1.54, 1.807) is 10.7 Å². The van der Waals surface area contributed by atoms with Crippen molar-refractivity contribution in [3.63, 3.8) is 0 Å². The third-order valence-corrected chi connectivity index (χ3v) is 5.62. The molecule has 1 saturated heterocycles. The number of aromatic nitrogens is 4. The summed E-state index contributed by atoms with van der Waals surface area (Å²) >= 11 is 0. The zero-order valence-corrected chi connectivity index (χ0v) is 16.1. The number of nitrogens with zero attached hydrogens (tertiary/aromatic N) is 4. The molecule has 0 aliphatic carbocycles. The average molecular weight is 373 g/mol. The van der Waals surface area contributed by atoms with Crippen molar-refractivity contribution in [1.82, 2.24) is 25.1 Å². The minimum atomic E-state index is 0.186. The Labute approximate surface area is 163 Å². The number of phenolic OH excluding ortho intramolecular Hbond substituents is 1. The van der Waals surface area contributed by atoms with Gasteiger partial charge in [0, 0.05) is 47.9 Å². The molecule has 0 unspecified atom stereocenters. The lowest BCUT2D eigenvalue weighted by Gasteiger charge is -2.27. The van der Waals surface area contributed by atoms with Crippen molar-refractivity contribution in [1.29, 1.82) is 0 Å². The second-order valence-corrected chi connectivity index (χ2v) is 7.78. The number of hydrogen-bond donors (Lipinski definition) is 2. The van der Waals surface area contributed by atoms with Gasteiger partial charge in [0.25, 0.3) is 0 Å². The Bertz CT molecular complexity index is 1180. The molecule has 6 nitrogen and oxygen atoms in total. The topological polar surface area (TPSA) is 75.9 Å². The largest absolute Gasteiger partial charge is 0.507 e. The van der Waals surface area contributed by atoms with Crippen molar-refractivity contribution >= 4 is 21.9 Å². The van der Waals surface area contributed by atoms with E-state index in [0.717, 1.165) is 52.7 Å². The van der Waals surface area contributed by atoms with E-state index in [1.807, 2.05) is 37.5 Å². The standard InChI is InChI=1S/C22H23N5O/c1-13-9-14(7-8-23-13)17-3-5-20-19(24-17)6-4-18(25-20)16-10-15-12-27(2)26-21(15)11-22(16)28/h3-6,10-14,23,28H,7-9H2,1-2H3/t13-,14-/m1/s1. The van der Waals surface area contributed by atoms with Gasteiger partial charge in [-0.3, -0.25) is 9.67 Å². The normalized spacial score (nSPS) is 20.1. The highest BCUT2D eigenvalue weighted by atomic mass is 16.3. The first-order valence-electron chi connectivity index (χ1n) is 9.74. The zero-order chi connectivity index (χ0) is 19.3. The molecule has 5 rings (SSSR count). The molecule has 0 saturated carbocycles. The number of nitrogens with one attached hydrogen (secondary N) is 1. The molecule has 1 aromatic carbocycles. The van der Waals surface area contributed by atoms with Crippen molar-refractivity contribution in [2.75, 3.05) is 6.54 Å². The Balaban J connectivity index is 1.53. The minimum absolute atomic E-state index is 0.186. The molecule has 4 heterocycles. The van der Waals surface area contributed by atoms with Gasteiger partial charge in [-0.25, -0.2) is 4.98 Å². The van der Waals surface area contributed by atoms with Crippen LogP contribution in [-0.4, -0.2) is 37.4 Å². The first-order chi connectivity index (χ1) is 13.6. The summed E-state index contributed by atoms with van der Waals surface area (Å²) in [6.45, 7) is 3.27. The van der Waals surface area contributed by atoms with Gasteiger partial charge >= 0.3 is 0 Å². The van der Waals surface area contributed by atoms with Gasteiger partial charge in [0.1, 0.15) is 5.75 Å². The summed E-state index contributed by atoms with van der Waals surface area (Å²) in [4.78, 5) is 9.64. The van der Waals surface area contributed by atoms with Crippen molar-refractivity contribution in [2.45, 2.75) is 31.7 Å². The van der Waals surface area contributed by atoms with Crippen molar-refractivity contribution in [3.05, 3.63) is 48.3 Å². The Morgan fingerprint density at radius 1 is 1.07 bits per heavy atom. The fourth-order valence-electron chi connectivity index (χ4n) is 4.19. The van der Waals surface area contributed by atoms with Crippen LogP contribution in [0.15, 0.2) is 42.6 Å². The Morgan fingerprint density at radius 2 is 1.89 bits per heavy atom. The fraction of sp³-hybridized carbons (Fsp3) is 0.318. The minimum Gasteiger partial charge on any atom is -0.507 e. The number of aryl methyl sites for hydroxylation is 1. The van der Waals surface area contributed by atoms with Crippen LogP contribution < -0.4 is 5.32 Å². The molecule has 3 aromatic heterocycles. The molecule has 2 atom stereocenters. The van der Waals surface area contributed by atoms with E-state index in [1.165, 1.54) is 0 Å².